The van der Waals surface area contributed by atoms with Gasteiger partial charge in [-0.15, -0.1) is 0 Å². The van der Waals surface area contributed by atoms with Crippen LogP contribution in [0.25, 0.3) is 10.9 Å². The molecule has 0 saturated carbocycles. The van der Waals surface area contributed by atoms with Crippen molar-refractivity contribution >= 4 is 38.4 Å². The van der Waals surface area contributed by atoms with Gasteiger partial charge in [-0.25, -0.2) is 8.42 Å². The Morgan fingerprint density at radius 1 is 1.12 bits per heavy atom. The number of aromatic nitrogens is 1. The first-order valence-corrected chi connectivity index (χ1v) is 11.9. The minimum absolute atomic E-state index is 0.0118. The lowest BCUT2D eigenvalue weighted by Gasteiger charge is -2.26. The van der Waals surface area contributed by atoms with Crippen LogP contribution in [0.15, 0.2) is 58.4 Å². The zero-order valence-corrected chi connectivity index (χ0v) is 18.7. The maximum atomic E-state index is 13.0. The van der Waals surface area contributed by atoms with Crippen LogP contribution in [-0.4, -0.2) is 56.5 Å². The molecule has 32 heavy (non-hydrogen) atoms. The highest BCUT2D eigenvalue weighted by molar-refractivity contribution is 7.89. The Morgan fingerprint density at radius 2 is 1.84 bits per heavy atom. The third-order valence-corrected chi connectivity index (χ3v) is 7.46. The molecular weight excluding hydrogens is 454 g/mol. The van der Waals surface area contributed by atoms with E-state index in [-0.39, 0.29) is 28.9 Å². The lowest BCUT2D eigenvalue weighted by atomic mass is 10.1. The van der Waals surface area contributed by atoms with Crippen molar-refractivity contribution in [3.63, 3.8) is 0 Å². The molecule has 1 fully saturated rings. The number of aromatic amines is 1. The monoisotopic (exact) mass is 475 g/mol. The highest BCUT2D eigenvalue weighted by Gasteiger charge is 2.27. The first-order valence-electron chi connectivity index (χ1n) is 10.1. The minimum atomic E-state index is -3.76. The summed E-state index contributed by atoms with van der Waals surface area (Å²) in [7, 11) is -3.76. The van der Waals surface area contributed by atoms with Gasteiger partial charge in [-0.3, -0.25) is 9.59 Å². The summed E-state index contributed by atoms with van der Waals surface area (Å²) < 4.78 is 32.4. The minimum Gasteiger partial charge on any atom is -0.379 e. The predicted octanol–water partition coefficient (Wildman–Crippen LogP) is 2.17. The highest BCUT2D eigenvalue weighted by Crippen LogP contribution is 2.20. The number of pyridine rings is 1. The molecule has 2 N–H and O–H groups in total. The van der Waals surface area contributed by atoms with E-state index >= 15 is 0 Å². The fraction of sp³-hybridized carbons (Fsp3) is 0.273. The maximum Gasteiger partial charge on any atom is 0.256 e. The Hall–Kier alpha value is -2.72. The second-order valence-corrected chi connectivity index (χ2v) is 9.76. The Balaban J connectivity index is 1.55. The van der Waals surface area contributed by atoms with Gasteiger partial charge in [-0.05, 0) is 42.3 Å². The van der Waals surface area contributed by atoms with E-state index in [4.69, 9.17) is 16.3 Å². The number of fused-ring (bicyclic) bond motifs is 1. The van der Waals surface area contributed by atoms with Crippen molar-refractivity contribution in [3.8, 4) is 0 Å². The number of nitrogens with one attached hydrogen (secondary N) is 2. The van der Waals surface area contributed by atoms with Gasteiger partial charge in [0, 0.05) is 41.8 Å². The molecule has 1 aromatic heterocycles. The van der Waals surface area contributed by atoms with Crippen LogP contribution in [0.4, 0.5) is 0 Å². The third kappa shape index (κ3) is 4.71. The van der Waals surface area contributed by atoms with Crippen LogP contribution in [0.1, 0.15) is 15.9 Å². The van der Waals surface area contributed by atoms with Gasteiger partial charge in [0.15, 0.2) is 0 Å². The Morgan fingerprint density at radius 3 is 2.56 bits per heavy atom. The molecule has 0 aliphatic carbocycles. The number of amides is 1. The smallest absolute Gasteiger partial charge is 0.256 e. The van der Waals surface area contributed by atoms with Gasteiger partial charge in [-0.1, -0.05) is 23.7 Å². The quantitative estimate of drug-likeness (QED) is 0.568. The summed E-state index contributed by atoms with van der Waals surface area (Å²) in [6.07, 6.45) is 1.93. The van der Waals surface area contributed by atoms with E-state index in [1.54, 1.807) is 12.1 Å². The Bertz CT molecular complexity index is 1300. The number of morpholine rings is 1. The molecule has 2 aromatic carbocycles. The number of hydrogen-bond acceptors (Lipinski definition) is 5. The molecule has 1 aliphatic heterocycles. The number of halogens is 1. The summed E-state index contributed by atoms with van der Waals surface area (Å²) in [6, 6.07) is 11.6. The fourth-order valence-corrected chi connectivity index (χ4v) is 5.09. The third-order valence-electron chi connectivity index (χ3n) is 5.32. The molecule has 1 aliphatic rings. The molecule has 3 aromatic rings. The normalized spacial score (nSPS) is 15.0. The molecule has 2 heterocycles. The fourth-order valence-electron chi connectivity index (χ4n) is 3.53. The molecule has 10 heteroatoms. The first-order chi connectivity index (χ1) is 15.4. The zero-order valence-electron chi connectivity index (χ0n) is 17.1. The van der Waals surface area contributed by atoms with Crippen molar-refractivity contribution in [1.29, 1.82) is 0 Å². The number of nitrogens with zero attached hydrogens (tertiary/aromatic N) is 1. The molecule has 0 atom stereocenters. The van der Waals surface area contributed by atoms with Crippen molar-refractivity contribution in [1.82, 2.24) is 14.6 Å². The SMILES string of the molecule is O=C(NCCc1ccc(Cl)cc1)c1c[nH]c2ccc(S(=O)(=O)N3CCOCC3)cc2c1=O. The van der Waals surface area contributed by atoms with Crippen LogP contribution in [0.2, 0.25) is 5.02 Å². The molecule has 0 radical (unpaired) electrons. The van der Waals surface area contributed by atoms with Crippen molar-refractivity contribution in [2.75, 3.05) is 32.8 Å². The van der Waals surface area contributed by atoms with E-state index in [2.05, 4.69) is 10.3 Å². The molecule has 8 nitrogen and oxygen atoms in total. The van der Waals surface area contributed by atoms with Crippen molar-refractivity contribution in [3.05, 3.63) is 75.0 Å². The summed E-state index contributed by atoms with van der Waals surface area (Å²) in [5.74, 6) is -0.524. The second-order valence-electron chi connectivity index (χ2n) is 7.39. The number of hydrogen-bond donors (Lipinski definition) is 2. The molecule has 0 bridgehead atoms. The van der Waals surface area contributed by atoms with Crippen LogP contribution >= 0.6 is 11.6 Å². The van der Waals surface area contributed by atoms with E-state index in [9.17, 15) is 18.0 Å². The van der Waals surface area contributed by atoms with Gasteiger partial charge in [0.25, 0.3) is 5.91 Å². The molecule has 1 amide bonds. The van der Waals surface area contributed by atoms with Gasteiger partial charge >= 0.3 is 0 Å². The number of benzene rings is 2. The molecule has 168 valence electrons. The van der Waals surface area contributed by atoms with Crippen molar-refractivity contribution in [2.24, 2.45) is 0 Å². The van der Waals surface area contributed by atoms with E-state index in [1.807, 2.05) is 12.1 Å². The lowest BCUT2D eigenvalue weighted by molar-refractivity contribution is 0.0730. The Labute approximate surface area is 190 Å². The average molecular weight is 476 g/mol. The van der Waals surface area contributed by atoms with Crippen LogP contribution in [0, 0.1) is 0 Å². The highest BCUT2D eigenvalue weighted by atomic mass is 35.5. The molecule has 1 saturated heterocycles. The van der Waals surface area contributed by atoms with Gasteiger partial charge in [0.1, 0.15) is 5.56 Å². The summed E-state index contributed by atoms with van der Waals surface area (Å²) in [6.45, 7) is 1.50. The second kappa shape index (κ2) is 9.41. The van der Waals surface area contributed by atoms with Crippen LogP contribution in [-0.2, 0) is 21.2 Å². The molecule has 0 unspecified atom stereocenters. The van der Waals surface area contributed by atoms with Gasteiger partial charge in [0.2, 0.25) is 15.5 Å². The topological polar surface area (TPSA) is 109 Å². The van der Waals surface area contributed by atoms with Crippen molar-refractivity contribution in [2.45, 2.75) is 11.3 Å². The lowest BCUT2D eigenvalue weighted by Crippen LogP contribution is -2.40. The van der Waals surface area contributed by atoms with Crippen molar-refractivity contribution < 1.29 is 17.9 Å². The number of carbonyl (C=O) groups is 1. The molecular formula is C22H22ClN3O5S. The summed E-state index contributed by atoms with van der Waals surface area (Å²) >= 11 is 5.87. The number of rotatable bonds is 6. The van der Waals surface area contributed by atoms with E-state index in [0.717, 1.165) is 5.56 Å². The number of sulfonamides is 1. The van der Waals surface area contributed by atoms with E-state index in [0.29, 0.717) is 36.7 Å². The maximum absolute atomic E-state index is 13.0. The molecule has 0 spiro atoms. The van der Waals surface area contributed by atoms with Crippen LogP contribution < -0.4 is 10.7 Å². The van der Waals surface area contributed by atoms with Gasteiger partial charge < -0.3 is 15.0 Å². The van der Waals surface area contributed by atoms with Gasteiger partial charge in [-0.2, -0.15) is 4.31 Å². The summed E-state index contributed by atoms with van der Waals surface area (Å²) in [5.41, 5.74) is 0.852. The summed E-state index contributed by atoms with van der Waals surface area (Å²) in [4.78, 5) is 28.5. The van der Waals surface area contributed by atoms with Crippen LogP contribution in [0.5, 0.6) is 0 Å². The Kier molecular flexibility index (Phi) is 6.61. The first kappa shape index (κ1) is 22.5. The summed E-state index contributed by atoms with van der Waals surface area (Å²) in [5, 5.41) is 3.51. The van der Waals surface area contributed by atoms with Gasteiger partial charge in [0.05, 0.1) is 18.1 Å². The number of carbonyl (C=O) groups excluding carboxylic acids is 1. The predicted molar refractivity (Wildman–Crippen MR) is 122 cm³/mol. The van der Waals surface area contributed by atoms with E-state index in [1.165, 1.54) is 28.7 Å². The number of ether oxygens (including phenoxy) is 1. The largest absolute Gasteiger partial charge is 0.379 e. The number of H-pyrrole nitrogens is 1. The standard InChI is InChI=1S/C22H22ClN3O5S/c23-16-3-1-15(2-4-16)7-8-24-22(28)19-14-25-20-6-5-17(13-18(20)21(19)27)32(29,30)26-9-11-31-12-10-26/h1-6,13-14H,7-12H2,(H,24,28)(H,25,27). The van der Waals surface area contributed by atoms with E-state index < -0.39 is 21.4 Å². The van der Waals surface area contributed by atoms with Crippen LogP contribution in [0.3, 0.4) is 0 Å². The molecule has 4 rings (SSSR count). The average Bonchev–Trinajstić information content (AvgIpc) is 2.81. The zero-order chi connectivity index (χ0) is 22.7.